The maximum Gasteiger partial charge on any atom is 0.323 e. The van der Waals surface area contributed by atoms with E-state index in [1.165, 1.54) is 14.2 Å². The molecule has 1 unspecified atom stereocenters. The molecule has 0 amide bonds. The van der Waals surface area contributed by atoms with Crippen molar-refractivity contribution in [1.29, 1.82) is 0 Å². The summed E-state index contributed by atoms with van der Waals surface area (Å²) in [5.41, 5.74) is 0.385. The number of benzene rings is 1. The third kappa shape index (κ3) is 2.24. The van der Waals surface area contributed by atoms with E-state index in [0.717, 1.165) is 11.1 Å². The van der Waals surface area contributed by atoms with E-state index in [9.17, 15) is 9.59 Å². The van der Waals surface area contributed by atoms with E-state index in [0.29, 0.717) is 12.8 Å². The summed E-state index contributed by atoms with van der Waals surface area (Å²) in [6.07, 6.45) is 2.81. The Bertz CT molecular complexity index is 574. The number of carbonyl (C=O) groups excluding carboxylic acids is 2. The first-order chi connectivity index (χ1) is 9.95. The van der Waals surface area contributed by atoms with Gasteiger partial charge < -0.3 is 9.47 Å². The van der Waals surface area contributed by atoms with E-state index >= 15 is 0 Å². The van der Waals surface area contributed by atoms with Gasteiger partial charge in [-0.3, -0.25) is 9.59 Å². The summed E-state index contributed by atoms with van der Waals surface area (Å²) < 4.78 is 9.66. The van der Waals surface area contributed by atoms with Crippen molar-refractivity contribution in [2.45, 2.75) is 19.8 Å². The molecule has 0 aliphatic heterocycles. The predicted molar refractivity (Wildman–Crippen MR) is 79.4 cm³/mol. The van der Waals surface area contributed by atoms with Gasteiger partial charge in [-0.15, -0.1) is 0 Å². The first kappa shape index (κ1) is 15.3. The van der Waals surface area contributed by atoms with Crippen molar-refractivity contribution in [3.05, 3.63) is 42.0 Å². The third-order valence-corrected chi connectivity index (χ3v) is 4.48. The molecule has 0 radical (unpaired) electrons. The highest BCUT2D eigenvalue weighted by Gasteiger charge is 2.75. The normalized spacial score (nSPS) is 22.2. The fraction of sp³-hybridized carbons (Fsp3) is 0.412. The van der Waals surface area contributed by atoms with Crippen LogP contribution in [-0.2, 0) is 25.5 Å². The molecule has 2 rings (SSSR count). The van der Waals surface area contributed by atoms with Crippen molar-refractivity contribution in [3.8, 4) is 0 Å². The standard InChI is InChI=1S/C17H20O4/c1-5-12-8-6-7-9-13(12)10-16(2)11-17(16,14(18)20-3)15(19)21-4/h5-9H,1,10-11H2,2-4H3. The minimum absolute atomic E-state index is 0.435. The van der Waals surface area contributed by atoms with Gasteiger partial charge in [0.25, 0.3) is 0 Å². The van der Waals surface area contributed by atoms with Gasteiger partial charge in [0.1, 0.15) is 0 Å². The van der Waals surface area contributed by atoms with Crippen LogP contribution >= 0.6 is 0 Å². The van der Waals surface area contributed by atoms with Crippen LogP contribution in [0, 0.1) is 10.8 Å². The highest BCUT2D eigenvalue weighted by molar-refractivity contribution is 6.04. The summed E-state index contributed by atoms with van der Waals surface area (Å²) in [6.45, 7) is 5.72. The Morgan fingerprint density at radius 1 is 1.24 bits per heavy atom. The lowest BCUT2D eigenvalue weighted by Crippen LogP contribution is -2.34. The molecule has 1 aliphatic carbocycles. The van der Waals surface area contributed by atoms with Gasteiger partial charge in [0.2, 0.25) is 0 Å². The van der Waals surface area contributed by atoms with Crippen LogP contribution in [0.3, 0.4) is 0 Å². The zero-order valence-electron chi connectivity index (χ0n) is 12.6. The molecule has 1 fully saturated rings. The van der Waals surface area contributed by atoms with E-state index in [2.05, 4.69) is 6.58 Å². The molecule has 0 N–H and O–H groups in total. The molecule has 0 saturated heterocycles. The topological polar surface area (TPSA) is 52.6 Å². The molecule has 21 heavy (non-hydrogen) atoms. The molecular formula is C17H20O4. The van der Waals surface area contributed by atoms with Gasteiger partial charge in [-0.1, -0.05) is 43.8 Å². The second-order valence-corrected chi connectivity index (χ2v) is 5.71. The van der Waals surface area contributed by atoms with Crippen molar-refractivity contribution in [2.75, 3.05) is 14.2 Å². The third-order valence-electron chi connectivity index (χ3n) is 4.48. The lowest BCUT2D eigenvalue weighted by Gasteiger charge is -2.19. The Morgan fingerprint density at radius 2 is 1.81 bits per heavy atom. The van der Waals surface area contributed by atoms with E-state index in [-0.39, 0.29) is 0 Å². The zero-order chi connectivity index (χ0) is 15.7. The molecule has 1 aliphatic rings. The van der Waals surface area contributed by atoms with Crippen molar-refractivity contribution < 1.29 is 19.1 Å². The van der Waals surface area contributed by atoms with E-state index in [4.69, 9.17) is 9.47 Å². The summed E-state index contributed by atoms with van der Waals surface area (Å²) in [7, 11) is 2.59. The zero-order valence-corrected chi connectivity index (χ0v) is 12.6. The highest BCUT2D eigenvalue weighted by atomic mass is 16.5. The summed E-state index contributed by atoms with van der Waals surface area (Å²) in [5, 5.41) is 0. The Balaban J connectivity index is 2.34. The van der Waals surface area contributed by atoms with Gasteiger partial charge in [0.15, 0.2) is 5.41 Å². The maximum absolute atomic E-state index is 12.1. The summed E-state index contributed by atoms with van der Waals surface area (Å²) >= 11 is 0. The van der Waals surface area contributed by atoms with Gasteiger partial charge in [0.05, 0.1) is 14.2 Å². The second kappa shape index (κ2) is 5.35. The largest absolute Gasteiger partial charge is 0.468 e. The lowest BCUT2D eigenvalue weighted by atomic mass is 9.86. The first-order valence-corrected chi connectivity index (χ1v) is 6.82. The van der Waals surface area contributed by atoms with Gasteiger partial charge in [0, 0.05) is 5.41 Å². The Morgan fingerprint density at radius 3 is 2.33 bits per heavy atom. The SMILES string of the molecule is C=Cc1ccccc1CC1(C)CC1(C(=O)OC)C(=O)OC. The lowest BCUT2D eigenvalue weighted by molar-refractivity contribution is -0.163. The van der Waals surface area contributed by atoms with E-state index < -0.39 is 22.8 Å². The van der Waals surface area contributed by atoms with Crippen LogP contribution in [0.15, 0.2) is 30.8 Å². The molecule has 4 nitrogen and oxygen atoms in total. The van der Waals surface area contributed by atoms with Crippen LogP contribution < -0.4 is 0 Å². The second-order valence-electron chi connectivity index (χ2n) is 5.71. The number of esters is 2. The number of ether oxygens (including phenoxy) is 2. The van der Waals surface area contributed by atoms with Crippen LogP contribution in [0.5, 0.6) is 0 Å². The minimum atomic E-state index is -1.19. The quantitative estimate of drug-likeness (QED) is 0.617. The van der Waals surface area contributed by atoms with Gasteiger partial charge in [-0.25, -0.2) is 0 Å². The monoisotopic (exact) mass is 288 g/mol. The van der Waals surface area contributed by atoms with Crippen LogP contribution in [0.1, 0.15) is 24.5 Å². The Kier molecular flexibility index (Phi) is 3.90. The van der Waals surface area contributed by atoms with E-state index in [1.807, 2.05) is 31.2 Å². The Hall–Kier alpha value is -2.10. The first-order valence-electron chi connectivity index (χ1n) is 6.82. The van der Waals surface area contributed by atoms with Crippen LogP contribution in [0.25, 0.3) is 6.08 Å². The van der Waals surface area contributed by atoms with Crippen LogP contribution in [0.2, 0.25) is 0 Å². The smallest absolute Gasteiger partial charge is 0.323 e. The predicted octanol–water partition coefficient (Wildman–Crippen LogP) is 2.61. The molecule has 0 bridgehead atoms. The van der Waals surface area contributed by atoms with Crippen LogP contribution in [-0.4, -0.2) is 26.2 Å². The average molecular weight is 288 g/mol. The molecule has 0 spiro atoms. The number of carbonyl (C=O) groups is 2. The molecule has 4 heteroatoms. The summed E-state index contributed by atoms with van der Waals surface area (Å²) in [5.74, 6) is -1.04. The number of methoxy groups -OCH3 is 2. The molecule has 1 atom stereocenters. The molecule has 112 valence electrons. The molecule has 1 saturated carbocycles. The van der Waals surface area contributed by atoms with Crippen molar-refractivity contribution in [3.63, 3.8) is 0 Å². The fourth-order valence-corrected chi connectivity index (χ4v) is 3.14. The molecule has 0 heterocycles. The maximum atomic E-state index is 12.1. The van der Waals surface area contributed by atoms with Crippen LogP contribution in [0.4, 0.5) is 0 Å². The highest BCUT2D eigenvalue weighted by Crippen LogP contribution is 2.66. The summed E-state index contributed by atoms with van der Waals surface area (Å²) in [6, 6.07) is 7.82. The van der Waals surface area contributed by atoms with Gasteiger partial charge in [-0.05, 0) is 24.0 Å². The minimum Gasteiger partial charge on any atom is -0.468 e. The average Bonchev–Trinajstić information content (AvgIpc) is 3.12. The van der Waals surface area contributed by atoms with E-state index in [1.54, 1.807) is 6.08 Å². The van der Waals surface area contributed by atoms with Crippen molar-refractivity contribution in [2.24, 2.45) is 10.8 Å². The molecule has 0 aromatic heterocycles. The number of rotatable bonds is 5. The van der Waals surface area contributed by atoms with Crippen molar-refractivity contribution in [1.82, 2.24) is 0 Å². The fourth-order valence-electron chi connectivity index (χ4n) is 3.14. The molecule has 1 aromatic rings. The summed E-state index contributed by atoms with van der Waals surface area (Å²) in [4.78, 5) is 24.2. The Labute approximate surface area is 124 Å². The number of hydrogen-bond acceptors (Lipinski definition) is 4. The number of hydrogen-bond donors (Lipinski definition) is 0. The van der Waals surface area contributed by atoms with Crippen molar-refractivity contribution >= 4 is 18.0 Å². The van der Waals surface area contributed by atoms with Gasteiger partial charge >= 0.3 is 11.9 Å². The molecular weight excluding hydrogens is 268 g/mol. The van der Waals surface area contributed by atoms with Gasteiger partial charge in [-0.2, -0.15) is 0 Å². The molecule has 1 aromatic carbocycles.